The Bertz CT molecular complexity index is 165. The highest BCUT2D eigenvalue weighted by molar-refractivity contribution is 7.63. The van der Waals surface area contributed by atoms with Crippen LogP contribution in [0.5, 0.6) is 0 Å². The van der Waals surface area contributed by atoms with Gasteiger partial charge in [-0.15, -0.1) is 6.58 Å². The Kier molecular flexibility index (Phi) is 6.09. The summed E-state index contributed by atoms with van der Waals surface area (Å²) in [6.45, 7) is 5.47. The molecule has 0 heterocycles. The van der Waals surface area contributed by atoms with E-state index >= 15 is 0 Å². The van der Waals surface area contributed by atoms with Crippen molar-refractivity contribution in [1.29, 1.82) is 0 Å². The van der Waals surface area contributed by atoms with Gasteiger partial charge in [0, 0.05) is 6.42 Å². The summed E-state index contributed by atoms with van der Waals surface area (Å²) in [6, 6.07) is 0. The molecule has 0 saturated heterocycles. The van der Waals surface area contributed by atoms with E-state index in [-0.39, 0.29) is 11.9 Å². The molecule has 64 valence electrons. The van der Waals surface area contributed by atoms with Crippen LogP contribution in [0, 0.1) is 0 Å². The zero-order chi connectivity index (χ0) is 8.69. The van der Waals surface area contributed by atoms with Gasteiger partial charge in [0.05, 0.1) is 6.61 Å². The molecule has 0 amide bonds. The highest BCUT2D eigenvalue weighted by Crippen LogP contribution is 2.22. The molecule has 0 aliphatic heterocycles. The molecular formula is C7H13O3P. The molecule has 0 aromatic rings. The van der Waals surface area contributed by atoms with Gasteiger partial charge in [-0.25, -0.2) is 0 Å². The normalized spacial score (nSPS) is 12.5. The van der Waals surface area contributed by atoms with Gasteiger partial charge in [-0.2, -0.15) is 0 Å². The number of ether oxygens (including phenoxy) is 1. The van der Waals surface area contributed by atoms with E-state index in [1.54, 1.807) is 13.0 Å². The van der Waals surface area contributed by atoms with E-state index < -0.39 is 7.80 Å². The van der Waals surface area contributed by atoms with Crippen molar-refractivity contribution in [3.63, 3.8) is 0 Å². The van der Waals surface area contributed by atoms with Gasteiger partial charge >= 0.3 is 0 Å². The minimum atomic E-state index is -2.15. The summed E-state index contributed by atoms with van der Waals surface area (Å²) >= 11 is 0. The smallest absolute Gasteiger partial charge is 0.190 e. The van der Waals surface area contributed by atoms with Crippen molar-refractivity contribution in [1.82, 2.24) is 0 Å². The lowest BCUT2D eigenvalue weighted by molar-refractivity contribution is -0.111. The number of carbonyl (C=O) groups is 1. The molecule has 0 aromatic carbocycles. The molecule has 4 heteroatoms. The van der Waals surface area contributed by atoms with Gasteiger partial charge in [-0.05, 0) is 0 Å². The maximum absolute atomic E-state index is 10.9. The highest BCUT2D eigenvalue weighted by Gasteiger charge is 2.07. The molecule has 0 spiro atoms. The van der Waals surface area contributed by atoms with Crippen LogP contribution in [0.3, 0.4) is 0 Å². The van der Waals surface area contributed by atoms with Crippen LogP contribution in [0.2, 0.25) is 0 Å². The first-order valence-corrected chi connectivity index (χ1v) is 5.08. The molecular weight excluding hydrogens is 163 g/mol. The Labute approximate surface area is 67.2 Å². The van der Waals surface area contributed by atoms with Crippen molar-refractivity contribution in [2.24, 2.45) is 0 Å². The first kappa shape index (κ1) is 10.6. The monoisotopic (exact) mass is 176 g/mol. The standard InChI is InChI=1S/C7H13O3P/c1-3-5-10-6-11(9)7(8)4-2/h3,11H,1,4-6H2,2H3. The summed E-state index contributed by atoms with van der Waals surface area (Å²) in [4.78, 5) is 10.7. The van der Waals surface area contributed by atoms with E-state index in [9.17, 15) is 9.36 Å². The molecule has 1 unspecified atom stereocenters. The third-order valence-electron chi connectivity index (χ3n) is 1.10. The zero-order valence-electron chi connectivity index (χ0n) is 6.63. The lowest BCUT2D eigenvalue weighted by atomic mass is 10.6. The van der Waals surface area contributed by atoms with Crippen molar-refractivity contribution in [3.05, 3.63) is 12.7 Å². The third-order valence-corrected chi connectivity index (χ3v) is 2.54. The van der Waals surface area contributed by atoms with Crippen LogP contribution in [0.25, 0.3) is 0 Å². The molecule has 0 aromatic heterocycles. The van der Waals surface area contributed by atoms with Gasteiger partial charge < -0.3 is 9.30 Å². The van der Waals surface area contributed by atoms with Crippen molar-refractivity contribution < 1.29 is 14.1 Å². The average molecular weight is 176 g/mol. The van der Waals surface area contributed by atoms with Crippen LogP contribution in [-0.4, -0.2) is 18.5 Å². The topological polar surface area (TPSA) is 43.4 Å². The second-order valence-corrected chi connectivity index (χ2v) is 3.70. The van der Waals surface area contributed by atoms with E-state index in [1.807, 2.05) is 0 Å². The third kappa shape index (κ3) is 4.93. The van der Waals surface area contributed by atoms with Gasteiger partial charge in [0.25, 0.3) is 0 Å². The van der Waals surface area contributed by atoms with E-state index in [0.29, 0.717) is 13.0 Å². The summed E-state index contributed by atoms with van der Waals surface area (Å²) in [7, 11) is -2.15. The van der Waals surface area contributed by atoms with Crippen molar-refractivity contribution in [2.45, 2.75) is 13.3 Å². The van der Waals surface area contributed by atoms with Gasteiger partial charge in [0.1, 0.15) is 6.35 Å². The molecule has 0 radical (unpaired) electrons. The quantitative estimate of drug-likeness (QED) is 0.351. The van der Waals surface area contributed by atoms with E-state index in [0.717, 1.165) is 0 Å². The summed E-state index contributed by atoms with van der Waals surface area (Å²) in [5, 5.41) is 0. The van der Waals surface area contributed by atoms with Crippen LogP contribution in [0.1, 0.15) is 13.3 Å². The van der Waals surface area contributed by atoms with Gasteiger partial charge in [0.2, 0.25) is 0 Å². The van der Waals surface area contributed by atoms with Crippen molar-refractivity contribution >= 4 is 13.3 Å². The number of carbonyl (C=O) groups excluding carboxylic acids is 1. The predicted octanol–water partition coefficient (Wildman–Crippen LogP) is 1.64. The largest absolute Gasteiger partial charge is 0.370 e. The maximum Gasteiger partial charge on any atom is 0.190 e. The first-order valence-electron chi connectivity index (χ1n) is 3.47. The molecule has 0 fully saturated rings. The first-order chi connectivity index (χ1) is 5.22. The van der Waals surface area contributed by atoms with Gasteiger partial charge in [-0.3, -0.25) is 4.79 Å². The summed E-state index contributed by atoms with van der Waals surface area (Å²) < 4.78 is 15.8. The second kappa shape index (κ2) is 6.32. The molecule has 0 rings (SSSR count). The van der Waals surface area contributed by atoms with Crippen LogP contribution in [-0.2, 0) is 14.1 Å². The van der Waals surface area contributed by atoms with Crippen LogP contribution < -0.4 is 0 Å². The highest BCUT2D eigenvalue weighted by atomic mass is 31.1. The Morgan fingerprint density at radius 3 is 2.82 bits per heavy atom. The van der Waals surface area contributed by atoms with Crippen molar-refractivity contribution in [3.8, 4) is 0 Å². The Morgan fingerprint density at radius 1 is 1.73 bits per heavy atom. The number of hydrogen-bond donors (Lipinski definition) is 0. The van der Waals surface area contributed by atoms with Crippen LogP contribution in [0.4, 0.5) is 0 Å². The Balaban J connectivity index is 3.52. The maximum atomic E-state index is 10.9. The summed E-state index contributed by atoms with van der Waals surface area (Å²) in [5.41, 5.74) is -0.195. The SMILES string of the molecule is C=CCOC[PH](=O)C(=O)CC. The van der Waals surface area contributed by atoms with E-state index in [4.69, 9.17) is 4.74 Å². The van der Waals surface area contributed by atoms with Gasteiger partial charge in [-0.1, -0.05) is 13.0 Å². The minimum Gasteiger partial charge on any atom is -0.370 e. The Hall–Kier alpha value is -0.400. The summed E-state index contributed by atoms with van der Waals surface area (Å²) in [5.74, 6) is 0. The fourth-order valence-electron chi connectivity index (χ4n) is 0.513. The van der Waals surface area contributed by atoms with Crippen LogP contribution >= 0.6 is 7.80 Å². The lowest BCUT2D eigenvalue weighted by Crippen LogP contribution is -1.95. The molecule has 0 aliphatic carbocycles. The van der Waals surface area contributed by atoms with E-state index in [1.165, 1.54) is 0 Å². The van der Waals surface area contributed by atoms with Crippen LogP contribution in [0.15, 0.2) is 12.7 Å². The van der Waals surface area contributed by atoms with E-state index in [2.05, 4.69) is 6.58 Å². The number of rotatable bonds is 6. The minimum absolute atomic E-state index is 0.0589. The molecule has 0 bridgehead atoms. The zero-order valence-corrected chi connectivity index (χ0v) is 7.63. The summed E-state index contributed by atoms with van der Waals surface area (Å²) in [6.07, 6.45) is 1.95. The molecule has 0 saturated carbocycles. The lowest BCUT2D eigenvalue weighted by Gasteiger charge is -1.98. The average Bonchev–Trinajstić information content (AvgIpc) is 2.03. The second-order valence-electron chi connectivity index (χ2n) is 2.00. The van der Waals surface area contributed by atoms with Gasteiger partial charge in [0.15, 0.2) is 13.3 Å². The molecule has 0 N–H and O–H groups in total. The van der Waals surface area contributed by atoms with Crippen molar-refractivity contribution in [2.75, 3.05) is 13.0 Å². The fraction of sp³-hybridized carbons (Fsp3) is 0.571. The molecule has 11 heavy (non-hydrogen) atoms. The fourth-order valence-corrected chi connectivity index (χ4v) is 1.37. The molecule has 3 nitrogen and oxygen atoms in total. The molecule has 1 atom stereocenters. The number of hydrogen-bond acceptors (Lipinski definition) is 3. The Morgan fingerprint density at radius 2 is 2.36 bits per heavy atom. The molecule has 0 aliphatic rings. The predicted molar refractivity (Wildman–Crippen MR) is 45.3 cm³/mol.